The van der Waals surface area contributed by atoms with Gasteiger partial charge in [-0.2, -0.15) is 0 Å². The molecule has 0 spiro atoms. The molecule has 1 amide bonds. The van der Waals surface area contributed by atoms with Crippen molar-refractivity contribution in [2.24, 2.45) is 5.73 Å². The maximum Gasteiger partial charge on any atom is 0.239 e. The zero-order valence-electron chi connectivity index (χ0n) is 12.4. The molecule has 2 aliphatic rings. The summed E-state index contributed by atoms with van der Waals surface area (Å²) in [5.41, 5.74) is 6.60. The lowest BCUT2D eigenvalue weighted by molar-refractivity contribution is -0.124. The molecule has 2 N–H and O–H groups in total. The van der Waals surface area contributed by atoms with Gasteiger partial charge in [0.2, 0.25) is 5.91 Å². The van der Waals surface area contributed by atoms with Crippen LogP contribution in [0.25, 0.3) is 0 Å². The molecule has 6 heteroatoms. The molecule has 1 aliphatic carbocycles. The second-order valence-electron chi connectivity index (χ2n) is 6.09. The van der Waals surface area contributed by atoms with Crippen LogP contribution in [0.3, 0.4) is 0 Å². The van der Waals surface area contributed by atoms with Crippen molar-refractivity contribution in [3.8, 4) is 0 Å². The van der Waals surface area contributed by atoms with Crippen molar-refractivity contribution in [3.63, 3.8) is 0 Å². The lowest BCUT2D eigenvalue weighted by Crippen LogP contribution is -2.42. The summed E-state index contributed by atoms with van der Waals surface area (Å²) in [6.45, 7) is 2.22. The maximum absolute atomic E-state index is 12.0. The molecular formula is C16H19N5O. The van der Waals surface area contributed by atoms with Crippen molar-refractivity contribution in [1.82, 2.24) is 19.7 Å². The van der Waals surface area contributed by atoms with Crippen LogP contribution in [0.2, 0.25) is 0 Å². The minimum atomic E-state index is -0.406. The zero-order valence-corrected chi connectivity index (χ0v) is 12.4. The largest absolute Gasteiger partial charge is 0.368 e. The van der Waals surface area contributed by atoms with Crippen molar-refractivity contribution in [3.05, 3.63) is 47.5 Å². The number of aromatic nitrogens is 3. The van der Waals surface area contributed by atoms with Crippen LogP contribution in [-0.2, 0) is 17.9 Å². The summed E-state index contributed by atoms with van der Waals surface area (Å²) < 4.78 is 2.22. The van der Waals surface area contributed by atoms with Crippen molar-refractivity contribution in [2.45, 2.75) is 37.9 Å². The Morgan fingerprint density at radius 1 is 1.18 bits per heavy atom. The van der Waals surface area contributed by atoms with Gasteiger partial charge in [-0.15, -0.1) is 10.2 Å². The average molecular weight is 297 g/mol. The lowest BCUT2D eigenvalue weighted by atomic mass is 10.0. The van der Waals surface area contributed by atoms with E-state index < -0.39 is 6.04 Å². The molecule has 1 unspecified atom stereocenters. The molecule has 4 rings (SSSR count). The van der Waals surface area contributed by atoms with Crippen LogP contribution in [0, 0.1) is 0 Å². The number of nitrogens with zero attached hydrogens (tertiary/aromatic N) is 4. The molecule has 1 aromatic heterocycles. The number of hydrogen-bond donors (Lipinski definition) is 1. The van der Waals surface area contributed by atoms with Gasteiger partial charge in [-0.25, -0.2) is 0 Å². The second-order valence-corrected chi connectivity index (χ2v) is 6.09. The fourth-order valence-corrected chi connectivity index (χ4v) is 3.25. The fraction of sp³-hybridized carbons (Fsp3) is 0.438. The van der Waals surface area contributed by atoms with E-state index in [1.807, 2.05) is 30.3 Å². The first-order chi connectivity index (χ1) is 10.7. The number of carbonyl (C=O) groups is 1. The predicted octanol–water partition coefficient (Wildman–Crippen LogP) is 1.20. The molecule has 1 atom stereocenters. The van der Waals surface area contributed by atoms with Crippen molar-refractivity contribution < 1.29 is 4.79 Å². The van der Waals surface area contributed by atoms with E-state index in [0.29, 0.717) is 12.5 Å². The SMILES string of the molecule is NC(=O)C(c1ccccc1)N1CCn2c(nnc2C2CC2)C1. The molecule has 0 radical (unpaired) electrons. The first-order valence-electron chi connectivity index (χ1n) is 7.74. The Bertz CT molecular complexity index is 692. The zero-order chi connectivity index (χ0) is 15.1. The highest BCUT2D eigenvalue weighted by atomic mass is 16.1. The first kappa shape index (κ1) is 13.5. The predicted molar refractivity (Wildman–Crippen MR) is 80.8 cm³/mol. The van der Waals surface area contributed by atoms with Gasteiger partial charge in [-0.05, 0) is 18.4 Å². The van der Waals surface area contributed by atoms with Gasteiger partial charge in [-0.1, -0.05) is 30.3 Å². The molecule has 0 bridgehead atoms. The van der Waals surface area contributed by atoms with Gasteiger partial charge in [0, 0.05) is 19.0 Å². The quantitative estimate of drug-likeness (QED) is 0.920. The fourth-order valence-electron chi connectivity index (χ4n) is 3.25. The summed E-state index contributed by atoms with van der Waals surface area (Å²) in [6, 6.07) is 9.30. The Kier molecular flexibility index (Phi) is 3.18. The molecule has 0 saturated heterocycles. The van der Waals surface area contributed by atoms with Crippen molar-refractivity contribution >= 4 is 5.91 Å². The minimum Gasteiger partial charge on any atom is -0.368 e. The monoisotopic (exact) mass is 297 g/mol. The Hall–Kier alpha value is -2.21. The first-order valence-corrected chi connectivity index (χ1v) is 7.74. The Balaban J connectivity index is 1.61. The minimum absolute atomic E-state index is 0.318. The Morgan fingerprint density at radius 2 is 1.95 bits per heavy atom. The maximum atomic E-state index is 12.0. The Morgan fingerprint density at radius 3 is 2.64 bits per heavy atom. The molecule has 2 heterocycles. The summed E-state index contributed by atoms with van der Waals surface area (Å²) in [4.78, 5) is 14.1. The number of hydrogen-bond acceptors (Lipinski definition) is 4. The van der Waals surface area contributed by atoms with E-state index in [1.165, 1.54) is 12.8 Å². The summed E-state index contributed by atoms with van der Waals surface area (Å²) >= 11 is 0. The third-order valence-electron chi connectivity index (χ3n) is 4.50. The van der Waals surface area contributed by atoms with Gasteiger partial charge in [-0.3, -0.25) is 9.69 Å². The van der Waals surface area contributed by atoms with Gasteiger partial charge in [0.05, 0.1) is 6.54 Å². The van der Waals surface area contributed by atoms with Gasteiger partial charge >= 0.3 is 0 Å². The smallest absolute Gasteiger partial charge is 0.239 e. The standard InChI is InChI=1S/C16H19N5O/c17-15(22)14(11-4-2-1-3-5-11)20-8-9-21-13(10-20)18-19-16(21)12-6-7-12/h1-5,12,14H,6-10H2,(H2,17,22). The number of amides is 1. The number of benzene rings is 1. The molecule has 22 heavy (non-hydrogen) atoms. The third-order valence-corrected chi connectivity index (χ3v) is 4.50. The number of fused-ring (bicyclic) bond motifs is 1. The molecule has 1 saturated carbocycles. The van der Waals surface area contributed by atoms with E-state index in [1.54, 1.807) is 0 Å². The number of nitrogens with two attached hydrogens (primary N) is 1. The summed E-state index contributed by atoms with van der Waals surface area (Å²) in [7, 11) is 0. The van der Waals surface area contributed by atoms with E-state index >= 15 is 0 Å². The average Bonchev–Trinajstić information content (AvgIpc) is 3.28. The van der Waals surface area contributed by atoms with E-state index in [2.05, 4.69) is 19.7 Å². The van der Waals surface area contributed by atoms with Crippen molar-refractivity contribution in [1.29, 1.82) is 0 Å². The van der Waals surface area contributed by atoms with Crippen LogP contribution in [-0.4, -0.2) is 32.1 Å². The third kappa shape index (κ3) is 2.29. The van der Waals surface area contributed by atoms with E-state index in [-0.39, 0.29) is 5.91 Å². The molecular weight excluding hydrogens is 278 g/mol. The lowest BCUT2D eigenvalue weighted by Gasteiger charge is -2.33. The van der Waals surface area contributed by atoms with E-state index in [0.717, 1.165) is 30.3 Å². The van der Waals surface area contributed by atoms with Gasteiger partial charge < -0.3 is 10.3 Å². The highest BCUT2D eigenvalue weighted by Crippen LogP contribution is 2.40. The van der Waals surface area contributed by atoms with Gasteiger partial charge in [0.15, 0.2) is 0 Å². The van der Waals surface area contributed by atoms with Crippen LogP contribution >= 0.6 is 0 Å². The van der Waals surface area contributed by atoms with Crippen molar-refractivity contribution in [2.75, 3.05) is 6.54 Å². The van der Waals surface area contributed by atoms with E-state index in [4.69, 9.17) is 5.73 Å². The molecule has 1 aliphatic heterocycles. The summed E-state index contributed by atoms with van der Waals surface area (Å²) in [5, 5.41) is 8.66. The second kappa shape index (κ2) is 5.21. The molecule has 1 aromatic carbocycles. The summed E-state index contributed by atoms with van der Waals surface area (Å²) in [5.74, 6) is 2.33. The van der Waals surface area contributed by atoms with Crippen LogP contribution in [0.1, 0.15) is 42.0 Å². The summed E-state index contributed by atoms with van der Waals surface area (Å²) in [6.07, 6.45) is 2.44. The van der Waals surface area contributed by atoms with Crippen LogP contribution in [0.15, 0.2) is 30.3 Å². The van der Waals surface area contributed by atoms with Crippen LogP contribution in [0.4, 0.5) is 0 Å². The molecule has 1 fully saturated rings. The van der Waals surface area contributed by atoms with Crippen LogP contribution < -0.4 is 5.73 Å². The molecule has 114 valence electrons. The number of rotatable bonds is 4. The van der Waals surface area contributed by atoms with Crippen LogP contribution in [0.5, 0.6) is 0 Å². The normalized spacial score (nSPS) is 19.6. The number of primary amides is 1. The van der Waals surface area contributed by atoms with E-state index in [9.17, 15) is 4.79 Å². The molecule has 6 nitrogen and oxygen atoms in total. The van der Waals surface area contributed by atoms with Gasteiger partial charge in [0.1, 0.15) is 17.7 Å². The Labute approximate surface area is 128 Å². The number of carbonyl (C=O) groups excluding carboxylic acids is 1. The molecule has 2 aromatic rings. The topological polar surface area (TPSA) is 77.0 Å². The highest BCUT2D eigenvalue weighted by Gasteiger charge is 2.34. The highest BCUT2D eigenvalue weighted by molar-refractivity contribution is 5.81. The van der Waals surface area contributed by atoms with Gasteiger partial charge in [0.25, 0.3) is 0 Å².